The maximum absolute atomic E-state index is 12.1. The van der Waals surface area contributed by atoms with Gasteiger partial charge in [0.1, 0.15) is 0 Å². The Hall–Kier alpha value is -0.700. The van der Waals surface area contributed by atoms with Gasteiger partial charge in [-0.15, -0.1) is 0 Å². The van der Waals surface area contributed by atoms with Crippen molar-refractivity contribution in [3.63, 3.8) is 0 Å². The Morgan fingerprint density at radius 1 is 1.40 bits per heavy atom. The summed E-state index contributed by atoms with van der Waals surface area (Å²) in [5.41, 5.74) is 0.322. The number of amides is 1. The molecule has 6 nitrogen and oxygen atoms in total. The molecule has 1 rings (SSSR count). The van der Waals surface area contributed by atoms with E-state index >= 15 is 0 Å². The van der Waals surface area contributed by atoms with Crippen molar-refractivity contribution in [3.05, 3.63) is 10.2 Å². The molecule has 1 unspecified atom stereocenters. The third kappa shape index (κ3) is 4.69. The SMILES string of the molecule is Cc1nc(Cl)sc1S(=O)(=O)NC(C)C(=O)NCC(C)C. The van der Waals surface area contributed by atoms with Gasteiger partial charge in [0, 0.05) is 6.54 Å². The summed E-state index contributed by atoms with van der Waals surface area (Å²) >= 11 is 6.56. The first-order chi connectivity index (χ1) is 9.13. The monoisotopic (exact) mass is 339 g/mol. The van der Waals surface area contributed by atoms with Gasteiger partial charge in [0.2, 0.25) is 5.91 Å². The molecule has 0 aromatic carbocycles. The average Bonchev–Trinajstić information content (AvgIpc) is 2.65. The van der Waals surface area contributed by atoms with Crippen molar-refractivity contribution in [2.24, 2.45) is 5.92 Å². The normalized spacial score (nSPS) is 13.5. The molecule has 1 aromatic heterocycles. The first-order valence-electron chi connectivity index (χ1n) is 6.06. The lowest BCUT2D eigenvalue weighted by Gasteiger charge is -2.14. The average molecular weight is 340 g/mol. The molecule has 0 saturated heterocycles. The number of nitrogens with zero attached hydrogens (tertiary/aromatic N) is 1. The number of carbonyl (C=O) groups excluding carboxylic acids is 1. The summed E-state index contributed by atoms with van der Waals surface area (Å²) in [5.74, 6) is -0.0687. The van der Waals surface area contributed by atoms with Crippen LogP contribution in [0.4, 0.5) is 0 Å². The van der Waals surface area contributed by atoms with E-state index in [0.29, 0.717) is 18.2 Å². The molecule has 1 atom stereocenters. The quantitative estimate of drug-likeness (QED) is 0.823. The molecule has 114 valence electrons. The third-order valence-electron chi connectivity index (χ3n) is 2.38. The Kier molecular flexibility index (Phi) is 5.93. The van der Waals surface area contributed by atoms with Crippen LogP contribution in [0.1, 0.15) is 26.5 Å². The summed E-state index contributed by atoms with van der Waals surface area (Å²) in [6.07, 6.45) is 0. The minimum atomic E-state index is -3.79. The van der Waals surface area contributed by atoms with Crippen LogP contribution in [-0.2, 0) is 14.8 Å². The zero-order valence-corrected chi connectivity index (χ0v) is 14.1. The van der Waals surface area contributed by atoms with E-state index < -0.39 is 16.1 Å². The Balaban J connectivity index is 2.76. The number of hydrogen-bond acceptors (Lipinski definition) is 5. The van der Waals surface area contributed by atoms with Gasteiger partial charge in [0.05, 0.1) is 11.7 Å². The molecule has 20 heavy (non-hydrogen) atoms. The predicted octanol–water partition coefficient (Wildman–Crippen LogP) is 1.54. The third-order valence-corrected chi connectivity index (χ3v) is 5.79. The number of thiazole rings is 1. The molecule has 0 radical (unpaired) electrons. The van der Waals surface area contributed by atoms with Crippen molar-refractivity contribution in [3.8, 4) is 0 Å². The first-order valence-corrected chi connectivity index (χ1v) is 8.74. The van der Waals surface area contributed by atoms with Crippen molar-refractivity contribution in [2.45, 2.75) is 37.9 Å². The lowest BCUT2D eigenvalue weighted by atomic mass is 10.2. The molecule has 0 aliphatic heterocycles. The molecule has 0 aliphatic rings. The van der Waals surface area contributed by atoms with Gasteiger partial charge in [-0.3, -0.25) is 4.79 Å². The zero-order chi connectivity index (χ0) is 15.5. The second kappa shape index (κ2) is 6.84. The van der Waals surface area contributed by atoms with Crippen LogP contribution in [0.2, 0.25) is 4.47 Å². The van der Waals surface area contributed by atoms with Gasteiger partial charge in [0.25, 0.3) is 10.0 Å². The fourth-order valence-electron chi connectivity index (χ4n) is 1.40. The summed E-state index contributed by atoms with van der Waals surface area (Å²) in [6.45, 7) is 7.46. The second-order valence-corrected chi connectivity index (χ2v) is 8.31. The Labute approximate surface area is 128 Å². The van der Waals surface area contributed by atoms with E-state index in [1.165, 1.54) is 6.92 Å². The van der Waals surface area contributed by atoms with Gasteiger partial charge < -0.3 is 5.32 Å². The van der Waals surface area contributed by atoms with Crippen LogP contribution in [-0.4, -0.2) is 31.9 Å². The molecule has 9 heteroatoms. The van der Waals surface area contributed by atoms with E-state index in [4.69, 9.17) is 11.6 Å². The Morgan fingerprint density at radius 3 is 2.45 bits per heavy atom. The summed E-state index contributed by atoms with van der Waals surface area (Å²) in [7, 11) is -3.79. The van der Waals surface area contributed by atoms with Crippen LogP contribution < -0.4 is 10.0 Å². The van der Waals surface area contributed by atoms with Gasteiger partial charge in [-0.25, -0.2) is 13.4 Å². The van der Waals surface area contributed by atoms with Crippen LogP contribution >= 0.6 is 22.9 Å². The number of aryl methyl sites for hydroxylation is 1. The highest BCUT2D eigenvalue weighted by molar-refractivity contribution is 7.91. The summed E-state index contributed by atoms with van der Waals surface area (Å²) in [5, 5.41) is 2.67. The molecule has 0 spiro atoms. The van der Waals surface area contributed by atoms with Gasteiger partial charge >= 0.3 is 0 Å². The summed E-state index contributed by atoms with van der Waals surface area (Å²) < 4.78 is 26.8. The van der Waals surface area contributed by atoms with Crippen molar-refractivity contribution >= 4 is 38.9 Å². The van der Waals surface area contributed by atoms with Gasteiger partial charge in [-0.2, -0.15) is 4.72 Å². The van der Waals surface area contributed by atoms with Crippen LogP contribution in [0.5, 0.6) is 0 Å². The molecular formula is C11H18ClN3O3S2. The maximum atomic E-state index is 12.1. The highest BCUT2D eigenvalue weighted by Gasteiger charge is 2.26. The van der Waals surface area contributed by atoms with Gasteiger partial charge in [-0.05, 0) is 19.8 Å². The number of carbonyl (C=O) groups is 1. The highest BCUT2D eigenvalue weighted by atomic mass is 35.5. The van der Waals surface area contributed by atoms with E-state index in [-0.39, 0.29) is 14.6 Å². The molecule has 1 aromatic rings. The molecular weight excluding hydrogens is 322 g/mol. The fourth-order valence-corrected chi connectivity index (χ4v) is 4.36. The lowest BCUT2D eigenvalue weighted by molar-refractivity contribution is -0.122. The van der Waals surface area contributed by atoms with Crippen LogP contribution in [0.25, 0.3) is 0 Å². The Bertz CT molecular complexity index is 584. The van der Waals surface area contributed by atoms with Gasteiger partial charge in [0.15, 0.2) is 8.68 Å². The molecule has 0 bridgehead atoms. The van der Waals surface area contributed by atoms with Crippen molar-refractivity contribution < 1.29 is 13.2 Å². The zero-order valence-electron chi connectivity index (χ0n) is 11.7. The van der Waals surface area contributed by atoms with E-state index in [0.717, 1.165) is 11.3 Å². The van der Waals surface area contributed by atoms with Crippen LogP contribution in [0, 0.1) is 12.8 Å². The van der Waals surface area contributed by atoms with Crippen LogP contribution in [0.15, 0.2) is 4.21 Å². The molecule has 1 amide bonds. The number of nitrogens with one attached hydrogen (secondary N) is 2. The summed E-state index contributed by atoms with van der Waals surface area (Å²) in [4.78, 5) is 15.6. The summed E-state index contributed by atoms with van der Waals surface area (Å²) in [6, 6.07) is -0.862. The number of hydrogen-bond donors (Lipinski definition) is 2. The highest BCUT2D eigenvalue weighted by Crippen LogP contribution is 2.26. The Morgan fingerprint density at radius 2 is 2.00 bits per heavy atom. The molecule has 0 aliphatic carbocycles. The van der Waals surface area contributed by atoms with E-state index in [2.05, 4.69) is 15.0 Å². The van der Waals surface area contributed by atoms with Crippen LogP contribution in [0.3, 0.4) is 0 Å². The van der Waals surface area contributed by atoms with E-state index in [1.54, 1.807) is 6.92 Å². The first kappa shape index (κ1) is 17.4. The number of halogens is 1. The van der Waals surface area contributed by atoms with Crippen molar-refractivity contribution in [1.29, 1.82) is 0 Å². The number of sulfonamides is 1. The molecule has 0 saturated carbocycles. The number of aromatic nitrogens is 1. The lowest BCUT2D eigenvalue weighted by Crippen LogP contribution is -2.45. The van der Waals surface area contributed by atoms with Crippen molar-refractivity contribution in [2.75, 3.05) is 6.54 Å². The molecule has 2 N–H and O–H groups in total. The fraction of sp³-hybridized carbons (Fsp3) is 0.636. The second-order valence-electron chi connectivity index (χ2n) is 4.82. The minimum Gasteiger partial charge on any atom is -0.354 e. The van der Waals surface area contributed by atoms with Crippen molar-refractivity contribution in [1.82, 2.24) is 15.0 Å². The standard InChI is InChI=1S/C11H18ClN3O3S2/c1-6(2)5-13-9(16)7(3)15-20(17,18)10-8(4)14-11(12)19-10/h6-7,15H,5H2,1-4H3,(H,13,16). The molecule has 0 fully saturated rings. The van der Waals surface area contributed by atoms with E-state index in [1.807, 2.05) is 13.8 Å². The molecule has 1 heterocycles. The number of rotatable bonds is 6. The van der Waals surface area contributed by atoms with E-state index in [9.17, 15) is 13.2 Å². The van der Waals surface area contributed by atoms with Gasteiger partial charge in [-0.1, -0.05) is 36.8 Å². The topological polar surface area (TPSA) is 88.2 Å². The smallest absolute Gasteiger partial charge is 0.252 e. The minimum absolute atomic E-state index is 0.0333. The maximum Gasteiger partial charge on any atom is 0.252 e. The largest absolute Gasteiger partial charge is 0.354 e. The predicted molar refractivity (Wildman–Crippen MR) is 79.5 cm³/mol.